The molecule has 7 heteroatoms. The zero-order valence-corrected chi connectivity index (χ0v) is 13.8. The SMILES string of the molecule is CCn1c(=O)n(CCC(=O)N2CC[C@H](C(N)=O)C2)c2ccccc21. The number of imidazole rings is 1. The number of primary amides is 1. The van der Waals surface area contributed by atoms with Crippen molar-refractivity contribution in [3.05, 3.63) is 34.7 Å². The predicted octanol–water partition coefficient (Wildman–Crippen LogP) is 0.547. The fourth-order valence-corrected chi connectivity index (χ4v) is 3.38. The molecule has 1 aliphatic heterocycles. The van der Waals surface area contributed by atoms with Crippen molar-refractivity contribution < 1.29 is 9.59 Å². The molecule has 24 heavy (non-hydrogen) atoms. The highest BCUT2D eigenvalue weighted by molar-refractivity contribution is 5.81. The molecule has 0 spiro atoms. The molecule has 2 aromatic rings. The Balaban J connectivity index is 1.75. The lowest BCUT2D eigenvalue weighted by molar-refractivity contribution is -0.130. The number of nitrogens with zero attached hydrogens (tertiary/aromatic N) is 3. The molecule has 128 valence electrons. The summed E-state index contributed by atoms with van der Waals surface area (Å²) in [6, 6.07) is 7.60. The highest BCUT2D eigenvalue weighted by Crippen LogP contribution is 2.17. The number of aryl methyl sites for hydroxylation is 2. The molecule has 2 amide bonds. The second-order valence-corrected chi connectivity index (χ2v) is 6.14. The molecule has 7 nitrogen and oxygen atoms in total. The van der Waals surface area contributed by atoms with E-state index in [1.165, 1.54) is 0 Å². The van der Waals surface area contributed by atoms with Gasteiger partial charge in [0.25, 0.3) is 0 Å². The van der Waals surface area contributed by atoms with E-state index >= 15 is 0 Å². The second-order valence-electron chi connectivity index (χ2n) is 6.14. The largest absolute Gasteiger partial charge is 0.369 e. The van der Waals surface area contributed by atoms with Gasteiger partial charge in [-0.05, 0) is 25.5 Å². The molecule has 0 unspecified atom stereocenters. The van der Waals surface area contributed by atoms with E-state index in [9.17, 15) is 14.4 Å². The molecule has 1 aliphatic rings. The van der Waals surface area contributed by atoms with Crippen molar-refractivity contribution in [3.63, 3.8) is 0 Å². The zero-order valence-electron chi connectivity index (χ0n) is 13.8. The number of likely N-dealkylation sites (tertiary alicyclic amines) is 1. The zero-order chi connectivity index (χ0) is 17.3. The van der Waals surface area contributed by atoms with E-state index in [1.807, 2.05) is 31.2 Å². The van der Waals surface area contributed by atoms with Crippen molar-refractivity contribution in [1.29, 1.82) is 0 Å². The lowest BCUT2D eigenvalue weighted by atomic mass is 10.1. The van der Waals surface area contributed by atoms with Crippen LogP contribution in [0.15, 0.2) is 29.1 Å². The van der Waals surface area contributed by atoms with Crippen LogP contribution in [0.5, 0.6) is 0 Å². The van der Waals surface area contributed by atoms with Gasteiger partial charge < -0.3 is 10.6 Å². The topological polar surface area (TPSA) is 90.3 Å². The molecule has 0 aliphatic carbocycles. The maximum atomic E-state index is 12.5. The number of fused-ring (bicyclic) bond motifs is 1. The highest BCUT2D eigenvalue weighted by Gasteiger charge is 2.29. The molecule has 3 rings (SSSR count). The Hall–Kier alpha value is -2.57. The van der Waals surface area contributed by atoms with E-state index in [1.54, 1.807) is 14.0 Å². The van der Waals surface area contributed by atoms with E-state index in [-0.39, 0.29) is 29.8 Å². The average Bonchev–Trinajstić information content (AvgIpc) is 3.16. The summed E-state index contributed by atoms with van der Waals surface area (Å²) in [4.78, 5) is 37.8. The van der Waals surface area contributed by atoms with Gasteiger partial charge in [-0.25, -0.2) is 4.79 Å². The predicted molar refractivity (Wildman–Crippen MR) is 90.4 cm³/mol. The van der Waals surface area contributed by atoms with Crippen molar-refractivity contribution in [2.45, 2.75) is 32.9 Å². The van der Waals surface area contributed by atoms with Crippen LogP contribution in [-0.4, -0.2) is 38.9 Å². The Morgan fingerprint density at radius 1 is 1.21 bits per heavy atom. The first-order valence-electron chi connectivity index (χ1n) is 8.28. The number of benzene rings is 1. The number of hydrogen-bond donors (Lipinski definition) is 1. The van der Waals surface area contributed by atoms with Crippen molar-refractivity contribution in [2.75, 3.05) is 13.1 Å². The number of hydrogen-bond acceptors (Lipinski definition) is 3. The van der Waals surface area contributed by atoms with Crippen LogP contribution < -0.4 is 11.4 Å². The van der Waals surface area contributed by atoms with Crippen LogP contribution in [0, 0.1) is 5.92 Å². The van der Waals surface area contributed by atoms with Crippen molar-refractivity contribution >= 4 is 22.8 Å². The maximum absolute atomic E-state index is 12.5. The van der Waals surface area contributed by atoms with Crippen LogP contribution in [0.1, 0.15) is 19.8 Å². The molecule has 0 saturated carbocycles. The normalized spacial score (nSPS) is 17.5. The molecule has 0 radical (unpaired) electrons. The minimum absolute atomic E-state index is 0.0426. The van der Waals surface area contributed by atoms with Crippen LogP contribution in [0.2, 0.25) is 0 Å². The van der Waals surface area contributed by atoms with E-state index in [4.69, 9.17) is 5.73 Å². The number of carbonyl (C=O) groups is 2. The van der Waals surface area contributed by atoms with Crippen LogP contribution in [-0.2, 0) is 22.7 Å². The lowest BCUT2D eigenvalue weighted by Gasteiger charge is -2.16. The smallest absolute Gasteiger partial charge is 0.329 e. The van der Waals surface area contributed by atoms with Gasteiger partial charge in [-0.2, -0.15) is 0 Å². The van der Waals surface area contributed by atoms with E-state index in [0.717, 1.165) is 11.0 Å². The Morgan fingerprint density at radius 2 is 1.88 bits per heavy atom. The van der Waals surface area contributed by atoms with Gasteiger partial charge in [0.2, 0.25) is 11.8 Å². The molecule has 1 atom stereocenters. The van der Waals surface area contributed by atoms with Gasteiger partial charge in [-0.1, -0.05) is 12.1 Å². The third kappa shape index (κ3) is 2.81. The van der Waals surface area contributed by atoms with Gasteiger partial charge in [0, 0.05) is 32.6 Å². The van der Waals surface area contributed by atoms with Crippen LogP contribution in [0.25, 0.3) is 11.0 Å². The van der Waals surface area contributed by atoms with E-state index in [0.29, 0.717) is 32.6 Å². The van der Waals surface area contributed by atoms with E-state index < -0.39 is 0 Å². The number of nitrogens with two attached hydrogens (primary N) is 1. The summed E-state index contributed by atoms with van der Waals surface area (Å²) in [6.45, 7) is 3.80. The molecular formula is C17H22N4O3. The Kier molecular flexibility index (Phi) is 4.42. The summed E-state index contributed by atoms with van der Waals surface area (Å²) < 4.78 is 3.36. The number of para-hydroxylation sites is 2. The van der Waals surface area contributed by atoms with Gasteiger partial charge in [0.1, 0.15) is 0 Å². The molecule has 2 heterocycles. The Bertz CT molecular complexity index is 836. The molecular weight excluding hydrogens is 308 g/mol. The summed E-state index contributed by atoms with van der Waals surface area (Å²) in [6.07, 6.45) is 0.860. The van der Waals surface area contributed by atoms with Gasteiger partial charge >= 0.3 is 5.69 Å². The van der Waals surface area contributed by atoms with E-state index in [2.05, 4.69) is 0 Å². The average molecular weight is 330 g/mol. The van der Waals surface area contributed by atoms with Crippen LogP contribution >= 0.6 is 0 Å². The summed E-state index contributed by atoms with van der Waals surface area (Å²) in [5.41, 5.74) is 6.93. The standard InChI is InChI=1S/C17H22N4O3/c1-2-20-13-5-3-4-6-14(13)21(17(20)24)10-8-15(22)19-9-7-12(11-19)16(18)23/h3-6,12H,2,7-11H2,1H3,(H2,18,23)/t12-/m0/s1. The van der Waals surface area contributed by atoms with Gasteiger partial charge in [0.05, 0.1) is 17.0 Å². The van der Waals surface area contributed by atoms with Crippen LogP contribution in [0.4, 0.5) is 0 Å². The third-order valence-electron chi connectivity index (χ3n) is 4.73. The van der Waals surface area contributed by atoms with Gasteiger partial charge in [-0.15, -0.1) is 0 Å². The van der Waals surface area contributed by atoms with Crippen molar-refractivity contribution in [1.82, 2.24) is 14.0 Å². The number of rotatable bonds is 5. The second kappa shape index (κ2) is 6.51. The first-order valence-corrected chi connectivity index (χ1v) is 8.28. The Morgan fingerprint density at radius 3 is 2.46 bits per heavy atom. The highest BCUT2D eigenvalue weighted by atomic mass is 16.2. The fourth-order valence-electron chi connectivity index (χ4n) is 3.38. The molecule has 1 fully saturated rings. The molecule has 1 aromatic heterocycles. The van der Waals surface area contributed by atoms with Crippen molar-refractivity contribution in [3.8, 4) is 0 Å². The number of carbonyl (C=O) groups excluding carboxylic acids is 2. The monoisotopic (exact) mass is 330 g/mol. The summed E-state index contributed by atoms with van der Waals surface area (Å²) in [5.74, 6) is -0.648. The summed E-state index contributed by atoms with van der Waals surface area (Å²) in [7, 11) is 0. The fraction of sp³-hybridized carbons (Fsp3) is 0.471. The Labute approximate surface area is 139 Å². The summed E-state index contributed by atoms with van der Waals surface area (Å²) >= 11 is 0. The molecule has 0 bridgehead atoms. The first kappa shape index (κ1) is 16.3. The van der Waals surface area contributed by atoms with Crippen molar-refractivity contribution in [2.24, 2.45) is 11.7 Å². The quantitative estimate of drug-likeness (QED) is 0.868. The van der Waals surface area contributed by atoms with Crippen LogP contribution in [0.3, 0.4) is 0 Å². The third-order valence-corrected chi connectivity index (χ3v) is 4.73. The van der Waals surface area contributed by atoms with Gasteiger partial charge in [-0.3, -0.25) is 18.7 Å². The minimum atomic E-state index is -0.354. The summed E-state index contributed by atoms with van der Waals surface area (Å²) in [5, 5.41) is 0. The minimum Gasteiger partial charge on any atom is -0.369 e. The molecule has 1 saturated heterocycles. The number of aromatic nitrogens is 2. The first-order chi connectivity index (χ1) is 11.5. The maximum Gasteiger partial charge on any atom is 0.329 e. The molecule has 2 N–H and O–H groups in total. The number of amides is 2. The van der Waals surface area contributed by atoms with Gasteiger partial charge in [0.15, 0.2) is 0 Å². The lowest BCUT2D eigenvalue weighted by Crippen LogP contribution is -2.33. The molecule has 1 aromatic carbocycles.